The van der Waals surface area contributed by atoms with E-state index in [2.05, 4.69) is 26.2 Å². The van der Waals surface area contributed by atoms with Crippen LogP contribution < -0.4 is 11.1 Å². The van der Waals surface area contributed by atoms with Crippen LogP contribution in [0.25, 0.3) is 0 Å². The summed E-state index contributed by atoms with van der Waals surface area (Å²) in [5, 5.41) is 3.42. The summed E-state index contributed by atoms with van der Waals surface area (Å²) in [6.45, 7) is 3.02. The van der Waals surface area contributed by atoms with E-state index in [4.69, 9.17) is 5.73 Å². The van der Waals surface area contributed by atoms with E-state index in [1.807, 2.05) is 19.1 Å². The van der Waals surface area contributed by atoms with Crippen molar-refractivity contribution in [2.75, 3.05) is 11.9 Å². The first-order chi connectivity index (χ1) is 8.15. The van der Waals surface area contributed by atoms with Gasteiger partial charge in [-0.05, 0) is 66.6 Å². The summed E-state index contributed by atoms with van der Waals surface area (Å²) >= 11 is 3.46. The van der Waals surface area contributed by atoms with Crippen molar-refractivity contribution in [3.8, 4) is 0 Å². The lowest BCUT2D eigenvalue weighted by Gasteiger charge is -2.26. The quantitative estimate of drug-likeness (QED) is 0.901. The molecule has 1 aromatic rings. The number of aromatic nitrogens is 1. The van der Waals surface area contributed by atoms with Crippen LogP contribution in [0.15, 0.2) is 16.6 Å². The molecule has 0 unspecified atom stereocenters. The van der Waals surface area contributed by atoms with E-state index in [-0.39, 0.29) is 0 Å². The van der Waals surface area contributed by atoms with Gasteiger partial charge in [0.1, 0.15) is 5.82 Å². The van der Waals surface area contributed by atoms with Crippen molar-refractivity contribution in [3.63, 3.8) is 0 Å². The van der Waals surface area contributed by atoms with Crippen LogP contribution in [0.5, 0.6) is 0 Å². The number of rotatable bonds is 3. The topological polar surface area (TPSA) is 50.9 Å². The number of hydrogen-bond donors (Lipinski definition) is 2. The predicted octanol–water partition coefficient (Wildman–Crippen LogP) is 3.08. The predicted molar refractivity (Wildman–Crippen MR) is 75.1 cm³/mol. The summed E-state index contributed by atoms with van der Waals surface area (Å²) in [5.41, 5.74) is 6.93. The van der Waals surface area contributed by atoms with Crippen LogP contribution in [0.4, 0.5) is 5.82 Å². The fraction of sp³-hybridized carbons (Fsp3) is 0.615. The molecule has 0 amide bonds. The van der Waals surface area contributed by atoms with Gasteiger partial charge in [0.15, 0.2) is 0 Å². The number of nitrogens with one attached hydrogen (secondary N) is 1. The number of nitrogens with two attached hydrogens (primary N) is 1. The largest absolute Gasteiger partial charge is 0.370 e. The van der Waals surface area contributed by atoms with Crippen molar-refractivity contribution < 1.29 is 0 Å². The lowest BCUT2D eigenvalue weighted by molar-refractivity contribution is 0.338. The van der Waals surface area contributed by atoms with Gasteiger partial charge in [-0.3, -0.25) is 0 Å². The van der Waals surface area contributed by atoms with Crippen LogP contribution in [-0.2, 0) is 0 Å². The average molecular weight is 298 g/mol. The van der Waals surface area contributed by atoms with Crippen LogP contribution in [0, 0.1) is 12.8 Å². The molecule has 0 bridgehead atoms. The number of halogens is 1. The molecule has 0 radical (unpaired) electrons. The summed E-state index contributed by atoms with van der Waals surface area (Å²) in [6, 6.07) is 4.49. The Bertz CT molecular complexity index is 373. The summed E-state index contributed by atoms with van der Waals surface area (Å²) in [5.74, 6) is 1.72. The van der Waals surface area contributed by atoms with E-state index in [0.29, 0.717) is 6.04 Å². The van der Waals surface area contributed by atoms with Crippen molar-refractivity contribution in [1.29, 1.82) is 0 Å². The van der Waals surface area contributed by atoms with E-state index < -0.39 is 0 Å². The van der Waals surface area contributed by atoms with E-state index >= 15 is 0 Å². The van der Waals surface area contributed by atoms with Crippen LogP contribution in [0.2, 0.25) is 0 Å². The zero-order valence-corrected chi connectivity index (χ0v) is 11.8. The lowest BCUT2D eigenvalue weighted by atomic mass is 9.86. The molecule has 94 valence electrons. The monoisotopic (exact) mass is 297 g/mol. The maximum Gasteiger partial charge on any atom is 0.126 e. The van der Waals surface area contributed by atoms with E-state index in [1.54, 1.807) is 0 Å². The summed E-state index contributed by atoms with van der Waals surface area (Å²) < 4.78 is 1.06. The molecule has 3 N–H and O–H groups in total. The molecule has 1 heterocycles. The van der Waals surface area contributed by atoms with Crippen molar-refractivity contribution in [1.82, 2.24) is 4.98 Å². The third-order valence-corrected chi connectivity index (χ3v) is 4.32. The second-order valence-corrected chi connectivity index (χ2v) is 5.78. The molecule has 0 aromatic carbocycles. The van der Waals surface area contributed by atoms with Crippen LogP contribution >= 0.6 is 15.9 Å². The highest BCUT2D eigenvalue weighted by atomic mass is 79.9. The smallest absolute Gasteiger partial charge is 0.126 e. The highest BCUT2D eigenvalue weighted by Crippen LogP contribution is 2.23. The summed E-state index contributed by atoms with van der Waals surface area (Å²) in [4.78, 5) is 4.49. The highest BCUT2D eigenvalue weighted by Gasteiger charge is 2.18. The molecule has 0 spiro atoms. The molecule has 1 aliphatic rings. The van der Waals surface area contributed by atoms with Crippen LogP contribution in [-0.4, -0.2) is 17.6 Å². The molecule has 0 saturated heterocycles. The molecular weight excluding hydrogens is 278 g/mol. The Labute approximate surface area is 111 Å². The lowest BCUT2D eigenvalue weighted by Crippen LogP contribution is -2.29. The Hall–Kier alpha value is -0.610. The Morgan fingerprint density at radius 3 is 2.71 bits per heavy atom. The van der Waals surface area contributed by atoms with E-state index in [9.17, 15) is 0 Å². The van der Waals surface area contributed by atoms with Gasteiger partial charge in [0.05, 0.1) is 5.69 Å². The zero-order valence-electron chi connectivity index (χ0n) is 10.2. The normalized spacial score (nSPS) is 24.6. The van der Waals surface area contributed by atoms with Gasteiger partial charge in [-0.1, -0.05) is 0 Å². The maximum absolute atomic E-state index is 5.90. The van der Waals surface area contributed by atoms with Crippen molar-refractivity contribution in [3.05, 3.63) is 22.3 Å². The Balaban J connectivity index is 1.83. The molecule has 0 atom stereocenters. The van der Waals surface area contributed by atoms with Crippen LogP contribution in [0.1, 0.15) is 31.4 Å². The Morgan fingerprint density at radius 2 is 2.06 bits per heavy atom. The molecule has 0 aliphatic heterocycles. The molecule has 17 heavy (non-hydrogen) atoms. The molecule has 4 heteroatoms. The number of pyridine rings is 1. The first-order valence-corrected chi connectivity index (χ1v) is 7.07. The van der Waals surface area contributed by atoms with Gasteiger partial charge in [0.2, 0.25) is 0 Å². The molecule has 2 rings (SSSR count). The number of aryl methyl sites for hydroxylation is 1. The van der Waals surface area contributed by atoms with Gasteiger partial charge >= 0.3 is 0 Å². The van der Waals surface area contributed by atoms with Gasteiger partial charge < -0.3 is 11.1 Å². The third-order valence-electron chi connectivity index (χ3n) is 3.48. The van der Waals surface area contributed by atoms with Crippen molar-refractivity contribution >= 4 is 21.7 Å². The van der Waals surface area contributed by atoms with E-state index in [0.717, 1.165) is 28.4 Å². The number of hydrogen-bond acceptors (Lipinski definition) is 3. The van der Waals surface area contributed by atoms with Gasteiger partial charge in [-0.2, -0.15) is 0 Å². The Morgan fingerprint density at radius 1 is 1.35 bits per heavy atom. The van der Waals surface area contributed by atoms with E-state index in [1.165, 1.54) is 25.7 Å². The first-order valence-electron chi connectivity index (χ1n) is 6.28. The minimum atomic E-state index is 0.430. The minimum absolute atomic E-state index is 0.430. The van der Waals surface area contributed by atoms with Gasteiger partial charge in [-0.25, -0.2) is 4.98 Å². The second kappa shape index (κ2) is 5.83. The third kappa shape index (κ3) is 3.68. The molecule has 1 aliphatic carbocycles. The van der Waals surface area contributed by atoms with Gasteiger partial charge in [0.25, 0.3) is 0 Å². The van der Waals surface area contributed by atoms with Crippen molar-refractivity contribution in [2.45, 2.75) is 38.6 Å². The number of nitrogens with zero attached hydrogens (tertiary/aromatic N) is 1. The zero-order chi connectivity index (χ0) is 12.3. The molecule has 1 fully saturated rings. The van der Waals surface area contributed by atoms with Crippen molar-refractivity contribution in [2.24, 2.45) is 11.7 Å². The molecule has 1 aromatic heterocycles. The molecule has 1 saturated carbocycles. The fourth-order valence-corrected chi connectivity index (χ4v) is 2.50. The SMILES string of the molecule is Cc1nc(NCC2CCC(N)CC2)ccc1Br. The second-order valence-electron chi connectivity index (χ2n) is 4.93. The van der Waals surface area contributed by atoms with Gasteiger partial charge in [0, 0.05) is 17.1 Å². The molecular formula is C13H20BrN3. The average Bonchev–Trinajstić information content (AvgIpc) is 2.33. The van der Waals surface area contributed by atoms with Crippen LogP contribution in [0.3, 0.4) is 0 Å². The summed E-state index contributed by atoms with van der Waals surface area (Å²) in [6.07, 6.45) is 4.81. The maximum atomic E-state index is 5.90. The number of anilines is 1. The van der Waals surface area contributed by atoms with Gasteiger partial charge in [-0.15, -0.1) is 0 Å². The highest BCUT2D eigenvalue weighted by molar-refractivity contribution is 9.10. The first kappa shape index (κ1) is 12.8. The summed E-state index contributed by atoms with van der Waals surface area (Å²) in [7, 11) is 0. The standard InChI is InChI=1S/C13H20BrN3/c1-9-12(14)6-7-13(17-9)16-8-10-2-4-11(15)5-3-10/h6-7,10-11H,2-5,8,15H2,1H3,(H,16,17). The molecule has 3 nitrogen and oxygen atoms in total. The fourth-order valence-electron chi connectivity index (χ4n) is 2.28. The Kier molecular flexibility index (Phi) is 4.40. The minimum Gasteiger partial charge on any atom is -0.370 e.